The zero-order valence-electron chi connectivity index (χ0n) is 11.3. The lowest BCUT2D eigenvalue weighted by molar-refractivity contribution is -0.118. The molecule has 0 radical (unpaired) electrons. The molecular weight excluding hydrogens is 282 g/mol. The zero-order valence-corrected chi connectivity index (χ0v) is 12.1. The van der Waals surface area contributed by atoms with Gasteiger partial charge in [0.15, 0.2) is 6.61 Å². The number of fused-ring (bicyclic) bond motifs is 1. The van der Waals surface area contributed by atoms with Crippen molar-refractivity contribution < 1.29 is 17.9 Å². The molecule has 0 fully saturated rings. The van der Waals surface area contributed by atoms with Gasteiger partial charge in [-0.25, -0.2) is 13.1 Å². The van der Waals surface area contributed by atoms with Crippen LogP contribution in [0.3, 0.4) is 0 Å². The Hall–Kier alpha value is -1.64. The monoisotopic (exact) mass is 299 g/mol. The molecule has 1 amide bonds. The number of ether oxygens (including phenoxy) is 1. The summed E-state index contributed by atoms with van der Waals surface area (Å²) in [7, 11) is -3.68. The van der Waals surface area contributed by atoms with Crippen molar-refractivity contribution in [3.05, 3.63) is 18.2 Å². The third-order valence-electron chi connectivity index (χ3n) is 2.61. The molecule has 7 nitrogen and oxygen atoms in total. The van der Waals surface area contributed by atoms with E-state index in [0.29, 0.717) is 11.4 Å². The number of carbonyl (C=O) groups is 1. The van der Waals surface area contributed by atoms with Gasteiger partial charge in [-0.05, 0) is 32.0 Å². The lowest BCUT2D eigenvalue weighted by Crippen LogP contribution is -2.45. The number of nitrogens with two attached hydrogens (primary N) is 1. The van der Waals surface area contributed by atoms with Gasteiger partial charge in [0.2, 0.25) is 10.0 Å². The van der Waals surface area contributed by atoms with E-state index in [1.807, 2.05) is 0 Å². The minimum atomic E-state index is -3.68. The SMILES string of the molecule is CC(C)(N)CNS(=O)(=O)c1ccc2c(c1)NC(=O)CO2. The van der Waals surface area contributed by atoms with Crippen molar-refractivity contribution in [2.24, 2.45) is 5.73 Å². The lowest BCUT2D eigenvalue weighted by Gasteiger charge is -2.20. The van der Waals surface area contributed by atoms with E-state index in [1.54, 1.807) is 13.8 Å². The van der Waals surface area contributed by atoms with Crippen molar-refractivity contribution in [2.45, 2.75) is 24.3 Å². The second-order valence-electron chi connectivity index (χ2n) is 5.31. The van der Waals surface area contributed by atoms with Crippen LogP contribution in [0.4, 0.5) is 5.69 Å². The van der Waals surface area contributed by atoms with Gasteiger partial charge in [0.1, 0.15) is 5.75 Å². The highest BCUT2D eigenvalue weighted by molar-refractivity contribution is 7.89. The molecule has 0 unspecified atom stereocenters. The first kappa shape index (κ1) is 14.8. The molecule has 1 aliphatic rings. The lowest BCUT2D eigenvalue weighted by atomic mass is 10.1. The Morgan fingerprint density at radius 2 is 2.15 bits per heavy atom. The molecule has 110 valence electrons. The molecule has 1 aromatic rings. The molecule has 1 heterocycles. The third kappa shape index (κ3) is 3.47. The van der Waals surface area contributed by atoms with E-state index in [2.05, 4.69) is 10.0 Å². The summed E-state index contributed by atoms with van der Waals surface area (Å²) in [5.41, 5.74) is 5.44. The van der Waals surface area contributed by atoms with E-state index in [1.165, 1.54) is 18.2 Å². The Morgan fingerprint density at radius 3 is 2.80 bits per heavy atom. The highest BCUT2D eigenvalue weighted by Crippen LogP contribution is 2.29. The van der Waals surface area contributed by atoms with Crippen LogP contribution in [0.1, 0.15) is 13.8 Å². The number of sulfonamides is 1. The molecule has 1 aromatic carbocycles. The first-order valence-corrected chi connectivity index (χ1v) is 7.51. The Labute approximate surface area is 117 Å². The summed E-state index contributed by atoms with van der Waals surface area (Å²) >= 11 is 0. The number of benzene rings is 1. The molecule has 0 spiro atoms. The van der Waals surface area contributed by atoms with Crippen molar-refractivity contribution in [2.75, 3.05) is 18.5 Å². The highest BCUT2D eigenvalue weighted by Gasteiger charge is 2.22. The first-order chi connectivity index (χ1) is 9.17. The molecular formula is C12H17N3O4S. The summed E-state index contributed by atoms with van der Waals surface area (Å²) < 4.78 is 31.8. The Morgan fingerprint density at radius 1 is 1.45 bits per heavy atom. The van der Waals surface area contributed by atoms with Crippen molar-refractivity contribution in [3.63, 3.8) is 0 Å². The number of hydrogen-bond acceptors (Lipinski definition) is 5. The van der Waals surface area contributed by atoms with Crippen molar-refractivity contribution in [1.82, 2.24) is 4.72 Å². The Bertz CT molecular complexity index is 635. The maximum atomic E-state index is 12.1. The van der Waals surface area contributed by atoms with Gasteiger partial charge < -0.3 is 15.8 Å². The molecule has 2 rings (SSSR count). The average molecular weight is 299 g/mol. The fourth-order valence-electron chi connectivity index (χ4n) is 1.59. The molecule has 4 N–H and O–H groups in total. The van der Waals surface area contributed by atoms with Gasteiger partial charge in [0.25, 0.3) is 5.91 Å². The minimum Gasteiger partial charge on any atom is -0.482 e. The van der Waals surface area contributed by atoms with Gasteiger partial charge >= 0.3 is 0 Å². The van der Waals surface area contributed by atoms with Crippen molar-refractivity contribution in [3.8, 4) is 5.75 Å². The van der Waals surface area contributed by atoms with Crippen LogP contribution < -0.4 is 20.5 Å². The molecule has 20 heavy (non-hydrogen) atoms. The summed E-state index contributed by atoms with van der Waals surface area (Å²) in [6.07, 6.45) is 0. The van der Waals surface area contributed by atoms with Gasteiger partial charge in [0.05, 0.1) is 10.6 Å². The number of rotatable bonds is 4. The van der Waals surface area contributed by atoms with Gasteiger partial charge in [-0.2, -0.15) is 0 Å². The van der Waals surface area contributed by atoms with Crippen LogP contribution in [0.25, 0.3) is 0 Å². The summed E-state index contributed by atoms with van der Waals surface area (Å²) in [4.78, 5) is 11.3. The summed E-state index contributed by atoms with van der Waals surface area (Å²) in [6.45, 7) is 3.47. The summed E-state index contributed by atoms with van der Waals surface area (Å²) in [5.74, 6) is 0.130. The van der Waals surface area contributed by atoms with Gasteiger partial charge in [0, 0.05) is 12.1 Å². The average Bonchev–Trinajstić information content (AvgIpc) is 2.35. The first-order valence-electron chi connectivity index (χ1n) is 6.03. The predicted octanol–water partition coefficient (Wildman–Crippen LogP) is 0.0331. The van der Waals surface area contributed by atoms with Gasteiger partial charge in [-0.3, -0.25) is 4.79 Å². The number of hydrogen-bond donors (Lipinski definition) is 3. The number of carbonyl (C=O) groups excluding carboxylic acids is 1. The Balaban J connectivity index is 2.24. The topological polar surface area (TPSA) is 111 Å². The Kier molecular flexibility index (Phi) is 3.72. The number of anilines is 1. The van der Waals surface area contributed by atoms with Gasteiger partial charge in [-0.15, -0.1) is 0 Å². The minimum absolute atomic E-state index is 0.0475. The fraction of sp³-hybridized carbons (Fsp3) is 0.417. The standard InChI is InChI=1S/C12H17N3O4S/c1-12(2,13)7-14-20(17,18)8-3-4-10-9(5-8)15-11(16)6-19-10/h3-5,14H,6-7,13H2,1-2H3,(H,15,16). The molecule has 8 heteroatoms. The second-order valence-corrected chi connectivity index (χ2v) is 7.07. The fourth-order valence-corrected chi connectivity index (χ4v) is 2.84. The van der Waals surface area contributed by atoms with Crippen LogP contribution in [0, 0.1) is 0 Å². The maximum Gasteiger partial charge on any atom is 0.262 e. The van der Waals surface area contributed by atoms with E-state index in [9.17, 15) is 13.2 Å². The number of amides is 1. The predicted molar refractivity (Wildman–Crippen MR) is 74.0 cm³/mol. The quantitative estimate of drug-likeness (QED) is 0.726. The molecule has 0 saturated carbocycles. The van der Waals surface area contributed by atoms with Crippen LogP contribution >= 0.6 is 0 Å². The largest absolute Gasteiger partial charge is 0.482 e. The molecule has 0 aromatic heterocycles. The van der Waals surface area contributed by atoms with Crippen LogP contribution in [-0.2, 0) is 14.8 Å². The molecule has 0 aliphatic carbocycles. The van der Waals surface area contributed by atoms with Crippen LogP contribution in [-0.4, -0.2) is 33.0 Å². The summed E-state index contributed by atoms with van der Waals surface area (Å²) in [5, 5.41) is 2.56. The van der Waals surface area contributed by atoms with Crippen LogP contribution in [0.5, 0.6) is 5.75 Å². The zero-order chi connectivity index (χ0) is 15.0. The summed E-state index contributed by atoms with van der Waals surface area (Å²) in [6, 6.07) is 4.29. The third-order valence-corrected chi connectivity index (χ3v) is 4.01. The van der Waals surface area contributed by atoms with Gasteiger partial charge in [-0.1, -0.05) is 0 Å². The number of nitrogens with one attached hydrogen (secondary N) is 2. The van der Waals surface area contributed by atoms with E-state index in [-0.39, 0.29) is 24.0 Å². The van der Waals surface area contributed by atoms with E-state index in [4.69, 9.17) is 10.5 Å². The van der Waals surface area contributed by atoms with E-state index < -0.39 is 15.6 Å². The molecule has 0 saturated heterocycles. The van der Waals surface area contributed by atoms with E-state index in [0.717, 1.165) is 0 Å². The maximum absolute atomic E-state index is 12.1. The molecule has 0 atom stereocenters. The van der Waals surface area contributed by atoms with Crippen molar-refractivity contribution in [1.29, 1.82) is 0 Å². The molecule has 0 bridgehead atoms. The molecule has 1 aliphatic heterocycles. The smallest absolute Gasteiger partial charge is 0.262 e. The van der Waals surface area contributed by atoms with Crippen LogP contribution in [0.15, 0.2) is 23.1 Å². The van der Waals surface area contributed by atoms with E-state index >= 15 is 0 Å². The highest BCUT2D eigenvalue weighted by atomic mass is 32.2. The normalized spacial score (nSPS) is 15.2. The van der Waals surface area contributed by atoms with Crippen molar-refractivity contribution >= 4 is 21.6 Å². The van der Waals surface area contributed by atoms with Crippen LogP contribution in [0.2, 0.25) is 0 Å². The second kappa shape index (κ2) is 5.04.